The number of methoxy groups -OCH3 is 2. The number of aromatic amines is 2. The second kappa shape index (κ2) is 36.0. The summed E-state index contributed by atoms with van der Waals surface area (Å²) in [4.78, 5) is 76.2. The van der Waals surface area contributed by atoms with E-state index in [0.29, 0.717) is 16.3 Å². The fourth-order valence-corrected chi connectivity index (χ4v) is 11.2. The van der Waals surface area contributed by atoms with Crippen molar-refractivity contribution in [2.24, 2.45) is 0 Å². The summed E-state index contributed by atoms with van der Waals surface area (Å²) in [5.74, 6) is 1.58. The molecule has 0 aliphatic rings. The first kappa shape index (κ1) is 79.7. The number of halogens is 10. The van der Waals surface area contributed by atoms with Gasteiger partial charge in [0.15, 0.2) is 34.3 Å². The number of H-pyrrole nitrogens is 2. The van der Waals surface area contributed by atoms with Crippen LogP contribution >= 0.6 is 69.6 Å². The van der Waals surface area contributed by atoms with Gasteiger partial charge in [0.05, 0.1) is 63.8 Å². The van der Waals surface area contributed by atoms with Gasteiger partial charge in [-0.15, -0.1) is 25.5 Å². The maximum absolute atomic E-state index is 13.7. The fraction of sp³-hybridized carbons (Fsp3) is 0.250. The van der Waals surface area contributed by atoms with Gasteiger partial charge in [-0.25, -0.2) is 28.6 Å². The van der Waals surface area contributed by atoms with Gasteiger partial charge in [-0.2, -0.15) is 47.3 Å². The molecule has 0 bridgehead atoms. The highest BCUT2D eigenvalue weighted by molar-refractivity contribution is 6.39. The van der Waals surface area contributed by atoms with Crippen LogP contribution in [0.5, 0.6) is 46.6 Å². The van der Waals surface area contributed by atoms with E-state index in [4.69, 9.17) is 103 Å². The molecular formula is C68H59Cl6F4N15O13. The zero-order chi connectivity index (χ0) is 76.8. The number of alkyl halides is 4. The third-order valence-corrected chi connectivity index (χ3v) is 16.5. The molecule has 5 aromatic carbocycles. The first-order valence-electron chi connectivity index (χ1n) is 31.2. The minimum Gasteiger partial charge on any atom is -0.480 e. The molecule has 6 aromatic heterocycles. The van der Waals surface area contributed by atoms with Crippen molar-refractivity contribution >= 4 is 69.6 Å². The normalized spacial score (nSPS) is 11.2. The highest BCUT2D eigenvalue weighted by Crippen LogP contribution is 2.43. The third-order valence-electron chi connectivity index (χ3n) is 14.8. The van der Waals surface area contributed by atoms with E-state index < -0.39 is 65.0 Å². The van der Waals surface area contributed by atoms with Gasteiger partial charge in [-0.05, 0) is 70.8 Å². The summed E-state index contributed by atoms with van der Waals surface area (Å²) in [5.41, 5.74) is -2.68. The molecule has 0 saturated carbocycles. The quantitative estimate of drug-likeness (QED) is 0.0531. The van der Waals surface area contributed by atoms with Gasteiger partial charge in [0, 0.05) is 46.0 Å². The Morgan fingerprint density at radius 3 is 1.29 bits per heavy atom. The van der Waals surface area contributed by atoms with E-state index in [2.05, 4.69) is 51.0 Å². The van der Waals surface area contributed by atoms with E-state index in [0.717, 1.165) is 32.4 Å². The predicted molar refractivity (Wildman–Crippen MR) is 384 cm³/mol. The number of hydrogen-bond donors (Lipinski definition) is 2. The first-order valence-corrected chi connectivity index (χ1v) is 33.5. The summed E-state index contributed by atoms with van der Waals surface area (Å²) < 4.78 is 93.0. The summed E-state index contributed by atoms with van der Waals surface area (Å²) in [6, 6.07) is 31.2. The van der Waals surface area contributed by atoms with Crippen molar-refractivity contribution in [3.63, 3.8) is 0 Å². The maximum Gasteiger partial charge on any atom is 0.354 e. The molecule has 0 unspecified atom stereocenters. The Balaban J connectivity index is 0.000000186. The van der Waals surface area contributed by atoms with Gasteiger partial charge < -0.3 is 33.2 Å². The zero-order valence-electron chi connectivity index (χ0n) is 56.7. The van der Waals surface area contributed by atoms with Crippen LogP contribution in [0, 0.1) is 0 Å². The van der Waals surface area contributed by atoms with E-state index in [1.807, 2.05) is 77.9 Å². The molecule has 11 aromatic rings. The van der Waals surface area contributed by atoms with Crippen LogP contribution in [0.2, 0.25) is 30.1 Å². The lowest BCUT2D eigenvalue weighted by Crippen LogP contribution is -2.43. The number of hydrogen-bond acceptors (Lipinski definition) is 22. The first-order chi connectivity index (χ1) is 50.5. The van der Waals surface area contributed by atoms with Crippen LogP contribution in [-0.4, -0.2) is 88.7 Å². The molecule has 6 heterocycles. The summed E-state index contributed by atoms with van der Waals surface area (Å²) >= 11 is 38.2. The third kappa shape index (κ3) is 19.5. The van der Waals surface area contributed by atoms with Gasteiger partial charge in [0.2, 0.25) is 29.4 Å². The van der Waals surface area contributed by atoms with Crippen molar-refractivity contribution in [3.05, 3.63) is 242 Å². The van der Waals surface area contributed by atoms with Crippen LogP contribution < -0.4 is 57.4 Å². The Kier molecular flexibility index (Phi) is 27.1. The molecule has 0 saturated heterocycles. The van der Waals surface area contributed by atoms with Crippen LogP contribution in [0.4, 0.5) is 17.6 Å². The number of nitrogens with zero attached hydrogens (tertiary/aromatic N) is 13. The number of nitrogens with one attached hydrogen (secondary N) is 2. The molecule has 0 atom stereocenters. The Morgan fingerprint density at radius 1 is 0.462 bits per heavy atom. The average Bonchev–Trinajstić information content (AvgIpc) is 0.785. The molecule has 0 fully saturated rings. The minimum absolute atomic E-state index is 0.0185. The number of rotatable bonds is 24. The maximum atomic E-state index is 13.7. The monoisotopic (exact) mass is 1580 g/mol. The lowest BCUT2D eigenvalue weighted by Gasteiger charge is -2.15. The summed E-state index contributed by atoms with van der Waals surface area (Å²) in [6.07, 6.45) is 1.60. The van der Waals surface area contributed by atoms with Crippen molar-refractivity contribution in [1.29, 1.82) is 0 Å². The lowest BCUT2D eigenvalue weighted by atomic mass is 10.1. The SMILES string of the molecule is CC(C)c1cnnc(Oc2c(Cl)cc(-c3nn(C(F)F)c(=O)[nH]c3=O)cc2Cl)c1.COc1nnc(Oc2c(Cl)cc(-c3n[nH]c(=O)n(COCc4ccccc4)c3=O)cc2Cl)cc1C(C)C.COc1nnc(Oc2c(Cl)cc(-c3nn(C(F)F)c(=O)n(COCc4ccccc4)c3=O)cc2Cl)cc1C(C)C. The van der Waals surface area contributed by atoms with Crippen molar-refractivity contribution in [2.75, 3.05) is 14.2 Å². The largest absolute Gasteiger partial charge is 0.480 e. The summed E-state index contributed by atoms with van der Waals surface area (Å²) in [5, 5.41) is 36.9. The second-order valence-corrected chi connectivity index (χ2v) is 25.6. The highest BCUT2D eigenvalue weighted by Gasteiger charge is 2.26. The van der Waals surface area contributed by atoms with E-state index in [1.165, 1.54) is 50.6 Å². The Bertz CT molecular complexity index is 5300. The predicted octanol–water partition coefficient (Wildman–Crippen LogP) is 14.5. The lowest BCUT2D eigenvalue weighted by molar-refractivity contribution is 0.0315. The summed E-state index contributed by atoms with van der Waals surface area (Å²) in [6.45, 7) is 4.61. The molecule has 106 heavy (non-hydrogen) atoms. The van der Waals surface area contributed by atoms with Crippen molar-refractivity contribution in [1.82, 2.24) is 74.5 Å². The van der Waals surface area contributed by atoms with Gasteiger partial charge in [-0.3, -0.25) is 19.4 Å². The van der Waals surface area contributed by atoms with Crippen LogP contribution in [0.3, 0.4) is 0 Å². The Hall–Kier alpha value is -10.5. The Morgan fingerprint density at radius 2 is 0.868 bits per heavy atom. The molecular weight excluding hydrogens is 1520 g/mol. The molecule has 0 aliphatic heterocycles. The molecule has 554 valence electrons. The van der Waals surface area contributed by atoms with Gasteiger partial charge in [0.25, 0.3) is 16.7 Å². The average molecular weight is 1580 g/mol. The topological polar surface area (TPSA) is 334 Å². The Labute approximate surface area is 626 Å². The molecule has 0 spiro atoms. The van der Waals surface area contributed by atoms with Gasteiger partial charge in [-0.1, -0.05) is 172 Å². The molecule has 0 amide bonds. The van der Waals surface area contributed by atoms with E-state index in [9.17, 15) is 46.3 Å². The molecule has 28 nitrogen and oxygen atoms in total. The molecule has 11 rings (SSSR count). The minimum atomic E-state index is -3.33. The van der Waals surface area contributed by atoms with Gasteiger partial charge in [0.1, 0.15) is 13.5 Å². The van der Waals surface area contributed by atoms with Gasteiger partial charge >= 0.3 is 30.2 Å². The number of benzene rings is 5. The number of aromatic nitrogens is 15. The standard InChI is InChI=1S/C26H23Cl2F2N5O5.C25H23Cl2N5O5.C17H13Cl2F2N5O3/c1-14(2)17-11-20(31-32-23(17)38-3)40-22-18(27)9-16(10-19(22)28)21-24(36)34(26(37)35(33-21)25(29)30)13-39-12-15-7-5-4-6-8-15;1-14(2)17-11-20(28-30-23(17)35-3)37-22-18(26)9-16(10-19(22)27)21-24(33)32(25(34)31-29-21)13-36-12-15-7-5-4-6-8-15;1-7(2)9-5-12(24-22-6-9)29-14-10(18)3-8(4-11(14)19)13-15(27)23-17(28)26(25-13)16(20)21/h4-11,14,25H,12-13H2,1-3H3;4-11,14H,12-13H2,1-3H3,(H,31,34);3-7,16H,1-2H3,(H,23,27,28). The van der Waals surface area contributed by atoms with Crippen LogP contribution in [0.1, 0.15) is 100 Å². The smallest absolute Gasteiger partial charge is 0.354 e. The summed E-state index contributed by atoms with van der Waals surface area (Å²) in [7, 11) is 2.98. The van der Waals surface area contributed by atoms with Crippen molar-refractivity contribution in [2.45, 2.75) is 99.1 Å². The van der Waals surface area contributed by atoms with Crippen LogP contribution in [-0.2, 0) is 36.1 Å². The number of ether oxygens (including phenoxy) is 7. The zero-order valence-corrected chi connectivity index (χ0v) is 61.2. The molecule has 0 aliphatic carbocycles. The molecule has 38 heteroatoms. The molecule has 0 radical (unpaired) electrons. The second-order valence-electron chi connectivity index (χ2n) is 23.2. The van der Waals surface area contributed by atoms with Crippen LogP contribution in [0.25, 0.3) is 33.8 Å². The van der Waals surface area contributed by atoms with E-state index in [1.54, 1.807) is 53.6 Å². The van der Waals surface area contributed by atoms with Crippen molar-refractivity contribution in [3.8, 4) is 80.4 Å². The molecule has 2 N–H and O–H groups in total. The fourth-order valence-electron chi connectivity index (χ4n) is 9.50. The van der Waals surface area contributed by atoms with Crippen molar-refractivity contribution < 1.29 is 50.7 Å². The van der Waals surface area contributed by atoms with E-state index in [-0.39, 0.29) is 134 Å². The highest BCUT2D eigenvalue weighted by atomic mass is 35.5. The van der Waals surface area contributed by atoms with E-state index >= 15 is 0 Å². The van der Waals surface area contributed by atoms with Crippen LogP contribution in [0.15, 0.2) is 150 Å².